The van der Waals surface area contributed by atoms with E-state index in [4.69, 9.17) is 28.1 Å². The van der Waals surface area contributed by atoms with E-state index in [0.29, 0.717) is 69.9 Å². The average Bonchev–Trinajstić information content (AvgIpc) is 2.96. The molecule has 0 N–H and O–H groups in total. The van der Waals surface area contributed by atoms with Crippen LogP contribution in [-0.2, 0) is 20.8 Å². The molecule has 0 amide bonds. The maximum atomic E-state index is 12.8. The van der Waals surface area contributed by atoms with Crippen molar-refractivity contribution in [1.29, 1.82) is 0 Å². The number of para-hydroxylation sites is 2. The van der Waals surface area contributed by atoms with Crippen molar-refractivity contribution >= 4 is 22.3 Å². The van der Waals surface area contributed by atoms with Gasteiger partial charge in [0, 0.05) is 29.4 Å². The molecule has 8 nitrogen and oxygen atoms in total. The van der Waals surface area contributed by atoms with Crippen molar-refractivity contribution in [2.75, 3.05) is 57.8 Å². The molecule has 0 saturated heterocycles. The van der Waals surface area contributed by atoms with Crippen LogP contribution in [0, 0.1) is 0 Å². The SMILES string of the molecule is O=c1cc(CN(c2ccccc2)c2ccccc2)c2ccc3c(c2o1)OCCOCCOCCOCCO3. The highest BCUT2D eigenvalue weighted by molar-refractivity contribution is 5.88. The lowest BCUT2D eigenvalue weighted by atomic mass is 10.1. The minimum atomic E-state index is -0.460. The van der Waals surface area contributed by atoms with Gasteiger partial charge >= 0.3 is 5.63 Å². The van der Waals surface area contributed by atoms with Gasteiger partial charge < -0.3 is 33.0 Å². The van der Waals surface area contributed by atoms with Crippen molar-refractivity contribution < 1.29 is 28.1 Å². The summed E-state index contributed by atoms with van der Waals surface area (Å²) in [6.07, 6.45) is 0. The van der Waals surface area contributed by atoms with Gasteiger partial charge in [0.2, 0.25) is 5.75 Å². The number of nitrogens with zero attached hydrogens (tertiary/aromatic N) is 1. The molecule has 198 valence electrons. The molecule has 0 atom stereocenters. The third-order valence-corrected chi connectivity index (χ3v) is 6.08. The summed E-state index contributed by atoms with van der Waals surface area (Å²) in [5.41, 5.74) is 2.71. The minimum Gasteiger partial charge on any atom is -0.487 e. The third-order valence-electron chi connectivity index (χ3n) is 6.08. The van der Waals surface area contributed by atoms with E-state index in [0.717, 1.165) is 22.3 Å². The van der Waals surface area contributed by atoms with Crippen molar-refractivity contribution in [3.8, 4) is 11.5 Å². The molecule has 8 heteroatoms. The van der Waals surface area contributed by atoms with Crippen LogP contribution in [0.15, 0.2) is 88.1 Å². The fourth-order valence-electron chi connectivity index (χ4n) is 4.30. The fraction of sp³-hybridized carbons (Fsp3) is 0.300. The summed E-state index contributed by atoms with van der Waals surface area (Å²) in [5, 5.41) is 0.771. The number of benzene rings is 3. The molecule has 38 heavy (non-hydrogen) atoms. The predicted molar refractivity (Wildman–Crippen MR) is 145 cm³/mol. The maximum Gasteiger partial charge on any atom is 0.336 e. The fourth-order valence-corrected chi connectivity index (χ4v) is 4.30. The normalized spacial score (nSPS) is 15.4. The molecule has 0 radical (unpaired) electrons. The molecule has 0 bridgehead atoms. The molecule has 1 aliphatic rings. The van der Waals surface area contributed by atoms with Gasteiger partial charge in [0.15, 0.2) is 11.3 Å². The van der Waals surface area contributed by atoms with Crippen molar-refractivity contribution in [1.82, 2.24) is 0 Å². The number of hydrogen-bond donors (Lipinski definition) is 0. The topological polar surface area (TPSA) is 79.6 Å². The Bertz CT molecular complexity index is 1320. The van der Waals surface area contributed by atoms with E-state index in [1.165, 1.54) is 6.07 Å². The summed E-state index contributed by atoms with van der Waals surface area (Å²) >= 11 is 0. The molecule has 4 aromatic rings. The largest absolute Gasteiger partial charge is 0.487 e. The van der Waals surface area contributed by atoms with E-state index < -0.39 is 5.63 Å². The highest BCUT2D eigenvalue weighted by Gasteiger charge is 2.19. The van der Waals surface area contributed by atoms with Gasteiger partial charge in [-0.3, -0.25) is 0 Å². The van der Waals surface area contributed by atoms with Crippen LogP contribution in [0.5, 0.6) is 11.5 Å². The van der Waals surface area contributed by atoms with Crippen molar-refractivity contribution in [2.45, 2.75) is 6.54 Å². The summed E-state index contributed by atoms with van der Waals surface area (Å²) in [4.78, 5) is 15.0. The summed E-state index contributed by atoms with van der Waals surface area (Å²) in [7, 11) is 0. The zero-order chi connectivity index (χ0) is 26.0. The van der Waals surface area contributed by atoms with Gasteiger partial charge in [-0.25, -0.2) is 4.79 Å². The smallest absolute Gasteiger partial charge is 0.336 e. The number of rotatable bonds is 4. The Kier molecular flexibility index (Phi) is 8.89. The molecule has 0 saturated carbocycles. The number of ether oxygens (including phenoxy) is 5. The van der Waals surface area contributed by atoms with E-state index in [1.807, 2.05) is 72.8 Å². The van der Waals surface area contributed by atoms with E-state index >= 15 is 0 Å². The Balaban J connectivity index is 1.51. The zero-order valence-electron chi connectivity index (χ0n) is 21.2. The first-order valence-corrected chi connectivity index (χ1v) is 12.8. The highest BCUT2D eigenvalue weighted by atomic mass is 16.6. The van der Waals surface area contributed by atoms with Crippen LogP contribution in [-0.4, -0.2) is 52.9 Å². The molecule has 1 aromatic heterocycles. The van der Waals surface area contributed by atoms with Crippen LogP contribution in [0.25, 0.3) is 11.0 Å². The van der Waals surface area contributed by atoms with Gasteiger partial charge in [-0.05, 0) is 42.0 Å². The standard InChI is InChI=1S/C30H31NO7/c32-28-21-23(22-31(24-7-3-1-4-8-24)25-9-5-2-6-10-25)26-11-12-27-30(29(26)38-28)37-20-18-35-16-14-33-13-15-34-17-19-36-27/h1-12,21H,13-20,22H2. The second kappa shape index (κ2) is 13.1. The van der Waals surface area contributed by atoms with Crippen LogP contribution >= 0.6 is 0 Å². The van der Waals surface area contributed by atoms with Gasteiger partial charge in [0.1, 0.15) is 13.2 Å². The first kappa shape index (κ1) is 25.8. The summed E-state index contributed by atoms with van der Waals surface area (Å²) in [6, 6.07) is 25.4. The molecule has 5 rings (SSSR count). The van der Waals surface area contributed by atoms with Gasteiger partial charge in [0.05, 0.1) is 39.6 Å². The third kappa shape index (κ3) is 6.52. The van der Waals surface area contributed by atoms with Crippen molar-refractivity contribution in [2.24, 2.45) is 0 Å². The lowest BCUT2D eigenvalue weighted by molar-refractivity contribution is 0.00709. The maximum absolute atomic E-state index is 12.8. The van der Waals surface area contributed by atoms with Crippen molar-refractivity contribution in [3.05, 3.63) is 94.8 Å². The Morgan fingerprint density at radius 3 is 1.79 bits per heavy atom. The zero-order valence-corrected chi connectivity index (χ0v) is 21.2. The van der Waals surface area contributed by atoms with Crippen LogP contribution in [0.2, 0.25) is 0 Å². The molecule has 1 aliphatic heterocycles. The van der Waals surface area contributed by atoms with Crippen LogP contribution in [0.3, 0.4) is 0 Å². The number of fused-ring (bicyclic) bond motifs is 3. The molecule has 0 fully saturated rings. The van der Waals surface area contributed by atoms with E-state index in [2.05, 4.69) is 4.90 Å². The first-order valence-electron chi connectivity index (χ1n) is 12.8. The van der Waals surface area contributed by atoms with Gasteiger partial charge in [0.25, 0.3) is 0 Å². The van der Waals surface area contributed by atoms with Crippen LogP contribution in [0.1, 0.15) is 5.56 Å². The summed E-state index contributed by atoms with van der Waals surface area (Å²) in [5.74, 6) is 0.859. The minimum absolute atomic E-state index is 0.264. The van der Waals surface area contributed by atoms with Crippen LogP contribution < -0.4 is 20.0 Å². The Morgan fingerprint density at radius 2 is 1.18 bits per heavy atom. The Morgan fingerprint density at radius 1 is 0.632 bits per heavy atom. The molecule has 0 unspecified atom stereocenters. The molecule has 3 aromatic carbocycles. The van der Waals surface area contributed by atoms with Gasteiger partial charge in [-0.2, -0.15) is 0 Å². The van der Waals surface area contributed by atoms with E-state index in [1.54, 1.807) is 0 Å². The second-order valence-electron chi connectivity index (χ2n) is 8.65. The molecule has 0 spiro atoms. The lowest BCUT2D eigenvalue weighted by Crippen LogP contribution is -2.18. The lowest BCUT2D eigenvalue weighted by Gasteiger charge is -2.26. The second-order valence-corrected chi connectivity index (χ2v) is 8.65. The Hall–Kier alpha value is -3.85. The monoisotopic (exact) mass is 517 g/mol. The number of anilines is 2. The van der Waals surface area contributed by atoms with E-state index in [-0.39, 0.29) is 6.61 Å². The molecular formula is C30H31NO7. The Labute approximate surface area is 221 Å². The van der Waals surface area contributed by atoms with Gasteiger partial charge in [-0.1, -0.05) is 36.4 Å². The quantitative estimate of drug-likeness (QED) is 0.352. The van der Waals surface area contributed by atoms with Gasteiger partial charge in [-0.15, -0.1) is 0 Å². The van der Waals surface area contributed by atoms with Crippen LogP contribution in [0.4, 0.5) is 11.4 Å². The van der Waals surface area contributed by atoms with E-state index in [9.17, 15) is 4.79 Å². The highest BCUT2D eigenvalue weighted by Crippen LogP contribution is 2.38. The molecular weight excluding hydrogens is 486 g/mol. The average molecular weight is 518 g/mol. The van der Waals surface area contributed by atoms with Crippen molar-refractivity contribution in [3.63, 3.8) is 0 Å². The number of hydrogen-bond acceptors (Lipinski definition) is 8. The molecule has 2 heterocycles. The predicted octanol–water partition coefficient (Wildman–Crippen LogP) is 4.95. The summed E-state index contributed by atoms with van der Waals surface area (Å²) < 4.78 is 34.4. The summed E-state index contributed by atoms with van der Waals surface area (Å²) in [6.45, 7) is 3.69. The molecule has 0 aliphatic carbocycles. The first-order chi connectivity index (χ1) is 18.8.